The van der Waals surface area contributed by atoms with Gasteiger partial charge in [-0.2, -0.15) is 0 Å². The Morgan fingerprint density at radius 1 is 1.86 bits per heavy atom. The Labute approximate surface area is 42.0 Å². The lowest BCUT2D eigenvalue weighted by Gasteiger charge is -1.82. The number of carbonyl (C=O) groups excluding carboxylic acids is 1. The fourth-order valence-electron chi connectivity index (χ4n) is 0.161. The highest BCUT2D eigenvalue weighted by atomic mass is 16.5. The zero-order valence-corrected chi connectivity index (χ0v) is 4.13. The molecular weight excluding hydrogens is 94.0 g/mol. The highest BCUT2D eigenvalue weighted by molar-refractivity contribution is 6.12. The van der Waals surface area contributed by atoms with Gasteiger partial charge in [0.05, 0.1) is 6.21 Å². The molecule has 0 aliphatic carbocycles. The Morgan fingerprint density at radius 2 is 2.57 bits per heavy atom. The zero-order chi connectivity index (χ0) is 5.54. The predicted octanol–water partition coefficient (Wildman–Crippen LogP) is -0.140. The highest BCUT2D eigenvalue weighted by Crippen LogP contribution is 1.63. The largest absolute Gasteiger partial charge is 0.363 e. The van der Waals surface area contributed by atoms with E-state index in [1.165, 1.54) is 7.11 Å². The third kappa shape index (κ3) is 5.30. The van der Waals surface area contributed by atoms with Crippen molar-refractivity contribution in [1.82, 2.24) is 0 Å². The molecule has 0 bridgehead atoms. The Balaban J connectivity index is 2.92. The van der Waals surface area contributed by atoms with Crippen LogP contribution in [0.4, 0.5) is 0 Å². The molecule has 3 heteroatoms. The van der Waals surface area contributed by atoms with E-state index in [1.54, 1.807) is 0 Å². The molecule has 7 heavy (non-hydrogen) atoms. The van der Waals surface area contributed by atoms with Gasteiger partial charge in [0.1, 0.15) is 6.73 Å². The van der Waals surface area contributed by atoms with E-state index in [9.17, 15) is 4.79 Å². The molecule has 3 nitrogen and oxygen atoms in total. The fraction of sp³-hybridized carbons (Fsp3) is 0.500. The molecule has 0 fully saturated rings. The van der Waals surface area contributed by atoms with E-state index in [0.29, 0.717) is 6.29 Å². The van der Waals surface area contributed by atoms with Gasteiger partial charge < -0.3 is 4.74 Å². The van der Waals surface area contributed by atoms with Gasteiger partial charge >= 0.3 is 0 Å². The molecule has 0 aromatic rings. The molecule has 0 aliphatic rings. The summed E-state index contributed by atoms with van der Waals surface area (Å²) >= 11 is 0. The quantitative estimate of drug-likeness (QED) is 0.366. The Hall–Kier alpha value is -0.700. The molecule has 0 saturated heterocycles. The van der Waals surface area contributed by atoms with Crippen LogP contribution in [0.25, 0.3) is 0 Å². The smallest absolute Gasteiger partial charge is 0.160 e. The minimum atomic E-state index is 0.263. The Kier molecular flexibility index (Phi) is 4.77. The molecule has 0 amide bonds. The van der Waals surface area contributed by atoms with Crippen molar-refractivity contribution in [3.63, 3.8) is 0 Å². The fourth-order valence-corrected chi connectivity index (χ4v) is 0.161. The highest BCUT2D eigenvalue weighted by Gasteiger charge is 1.65. The molecule has 0 radical (unpaired) electrons. The van der Waals surface area contributed by atoms with E-state index in [2.05, 4.69) is 9.73 Å². The maximum atomic E-state index is 9.47. The number of hydrogen-bond donors (Lipinski definition) is 0. The van der Waals surface area contributed by atoms with Crippen LogP contribution in [0.3, 0.4) is 0 Å². The first-order valence-corrected chi connectivity index (χ1v) is 1.84. The number of nitrogens with zero attached hydrogens (tertiary/aromatic N) is 1. The molecule has 0 unspecified atom stereocenters. The van der Waals surface area contributed by atoms with E-state index in [1.807, 2.05) is 0 Å². The molecule has 40 valence electrons. The normalized spacial score (nSPS) is 9.86. The van der Waals surface area contributed by atoms with Crippen molar-refractivity contribution >= 4 is 12.5 Å². The average molecular weight is 101 g/mol. The van der Waals surface area contributed by atoms with Crippen molar-refractivity contribution in [2.45, 2.75) is 0 Å². The van der Waals surface area contributed by atoms with Crippen molar-refractivity contribution in [3.05, 3.63) is 0 Å². The molecular formula is C4H7NO2. The molecule has 0 atom stereocenters. The lowest BCUT2D eigenvalue weighted by molar-refractivity contribution is -0.102. The topological polar surface area (TPSA) is 38.7 Å². The van der Waals surface area contributed by atoms with Gasteiger partial charge in [0, 0.05) is 7.11 Å². The monoisotopic (exact) mass is 101 g/mol. The number of aliphatic imine (C=N–C) groups is 1. The first-order valence-electron chi connectivity index (χ1n) is 1.84. The molecule has 0 rings (SSSR count). The SMILES string of the molecule is COC/N=C/C=O. The summed E-state index contributed by atoms with van der Waals surface area (Å²) in [5, 5.41) is 0. The molecule has 0 aromatic carbocycles. The van der Waals surface area contributed by atoms with Crippen LogP contribution in [0.1, 0.15) is 0 Å². The van der Waals surface area contributed by atoms with E-state index >= 15 is 0 Å². The third-order valence-corrected chi connectivity index (χ3v) is 0.370. The molecule has 0 spiro atoms. The van der Waals surface area contributed by atoms with Crippen molar-refractivity contribution in [1.29, 1.82) is 0 Å². The minimum Gasteiger partial charge on any atom is -0.363 e. The standard InChI is InChI=1S/C4H7NO2/c1-7-4-5-2-3-6/h2-3H,4H2,1H3/b5-2+. The second kappa shape index (κ2) is 5.30. The number of aldehydes is 1. The Morgan fingerprint density at radius 3 is 3.00 bits per heavy atom. The van der Waals surface area contributed by atoms with Crippen LogP contribution in [-0.2, 0) is 9.53 Å². The lowest BCUT2D eigenvalue weighted by Crippen LogP contribution is -1.83. The summed E-state index contributed by atoms with van der Waals surface area (Å²) < 4.78 is 4.49. The first-order chi connectivity index (χ1) is 3.41. The van der Waals surface area contributed by atoms with E-state index in [0.717, 1.165) is 6.21 Å². The number of rotatable bonds is 3. The van der Waals surface area contributed by atoms with Crippen molar-refractivity contribution in [2.75, 3.05) is 13.8 Å². The van der Waals surface area contributed by atoms with Gasteiger partial charge in [-0.3, -0.25) is 9.79 Å². The van der Waals surface area contributed by atoms with Crippen molar-refractivity contribution < 1.29 is 9.53 Å². The number of hydrogen-bond acceptors (Lipinski definition) is 3. The van der Waals surface area contributed by atoms with Crippen LogP contribution in [0, 0.1) is 0 Å². The van der Waals surface area contributed by atoms with Gasteiger partial charge in [-0.05, 0) is 0 Å². The van der Waals surface area contributed by atoms with Gasteiger partial charge in [0.25, 0.3) is 0 Å². The summed E-state index contributed by atoms with van der Waals surface area (Å²) in [5.41, 5.74) is 0. The summed E-state index contributed by atoms with van der Waals surface area (Å²) in [6.07, 6.45) is 1.77. The van der Waals surface area contributed by atoms with Crippen LogP contribution in [0.5, 0.6) is 0 Å². The molecule has 0 N–H and O–H groups in total. The summed E-state index contributed by atoms with van der Waals surface area (Å²) in [5.74, 6) is 0. The number of methoxy groups -OCH3 is 1. The van der Waals surface area contributed by atoms with Crippen molar-refractivity contribution in [3.8, 4) is 0 Å². The molecule has 0 aromatic heterocycles. The van der Waals surface area contributed by atoms with Gasteiger partial charge in [0.15, 0.2) is 6.29 Å². The van der Waals surface area contributed by atoms with Crippen LogP contribution in [0.2, 0.25) is 0 Å². The molecule has 0 saturated carbocycles. The first kappa shape index (κ1) is 6.30. The summed E-state index contributed by atoms with van der Waals surface area (Å²) in [4.78, 5) is 13.0. The average Bonchev–Trinajstić information content (AvgIpc) is 1.69. The maximum Gasteiger partial charge on any atom is 0.160 e. The molecule has 0 aliphatic heterocycles. The number of ether oxygens (including phenoxy) is 1. The van der Waals surface area contributed by atoms with E-state index < -0.39 is 0 Å². The van der Waals surface area contributed by atoms with Gasteiger partial charge in [0.2, 0.25) is 0 Å². The van der Waals surface area contributed by atoms with E-state index in [4.69, 9.17) is 0 Å². The van der Waals surface area contributed by atoms with Gasteiger partial charge in [-0.15, -0.1) is 0 Å². The second-order valence-corrected chi connectivity index (χ2v) is 0.886. The van der Waals surface area contributed by atoms with Crippen molar-refractivity contribution in [2.24, 2.45) is 4.99 Å². The van der Waals surface area contributed by atoms with Crippen LogP contribution in [-0.4, -0.2) is 26.3 Å². The van der Waals surface area contributed by atoms with Crippen LogP contribution in [0.15, 0.2) is 4.99 Å². The van der Waals surface area contributed by atoms with Gasteiger partial charge in [-0.25, -0.2) is 0 Å². The zero-order valence-electron chi connectivity index (χ0n) is 4.13. The molecule has 0 heterocycles. The predicted molar refractivity (Wildman–Crippen MR) is 26.4 cm³/mol. The second-order valence-electron chi connectivity index (χ2n) is 0.886. The third-order valence-electron chi connectivity index (χ3n) is 0.370. The summed E-state index contributed by atoms with van der Waals surface area (Å²) in [6, 6.07) is 0. The van der Waals surface area contributed by atoms with Crippen LogP contribution >= 0.6 is 0 Å². The Bertz CT molecular complexity index is 70.1. The van der Waals surface area contributed by atoms with Crippen LogP contribution < -0.4 is 0 Å². The lowest BCUT2D eigenvalue weighted by atomic mass is 10.8. The summed E-state index contributed by atoms with van der Waals surface area (Å²) in [6.45, 7) is 0.263. The van der Waals surface area contributed by atoms with E-state index in [-0.39, 0.29) is 6.73 Å². The minimum absolute atomic E-state index is 0.263. The summed E-state index contributed by atoms with van der Waals surface area (Å²) in [7, 11) is 1.52. The maximum absolute atomic E-state index is 9.47. The van der Waals surface area contributed by atoms with Gasteiger partial charge in [-0.1, -0.05) is 0 Å². The number of carbonyl (C=O) groups is 1.